The summed E-state index contributed by atoms with van der Waals surface area (Å²) in [5, 5.41) is 3.24. The van der Waals surface area contributed by atoms with E-state index in [1.54, 1.807) is 49.6 Å². The molecule has 7 heteroatoms. The van der Waals surface area contributed by atoms with E-state index in [2.05, 4.69) is 5.32 Å². The molecule has 1 N–H and O–H groups in total. The fraction of sp³-hybridized carbons (Fsp3) is 0.222. The minimum atomic E-state index is -0.582. The Kier molecular flexibility index (Phi) is 6.67. The molecule has 132 valence electrons. The Balaban J connectivity index is 2.27. The third kappa shape index (κ3) is 4.87. The molecule has 2 aromatic rings. The molecular formula is C18H17Cl2NO4. The average molecular weight is 382 g/mol. The van der Waals surface area contributed by atoms with Gasteiger partial charge in [0.2, 0.25) is 0 Å². The molecule has 5 nitrogen and oxygen atoms in total. The predicted octanol–water partition coefficient (Wildman–Crippen LogP) is 4.04. The Morgan fingerprint density at radius 2 is 1.76 bits per heavy atom. The quantitative estimate of drug-likeness (QED) is 0.766. The lowest BCUT2D eigenvalue weighted by atomic mass is 10.0. The maximum atomic E-state index is 12.6. The van der Waals surface area contributed by atoms with Crippen LogP contribution in [0.2, 0.25) is 10.0 Å². The zero-order chi connectivity index (χ0) is 18.4. The molecule has 0 aliphatic carbocycles. The van der Waals surface area contributed by atoms with Crippen molar-refractivity contribution in [3.63, 3.8) is 0 Å². The van der Waals surface area contributed by atoms with E-state index in [-0.39, 0.29) is 22.0 Å². The van der Waals surface area contributed by atoms with Crippen LogP contribution in [0.5, 0.6) is 5.75 Å². The van der Waals surface area contributed by atoms with Gasteiger partial charge in [-0.2, -0.15) is 0 Å². The lowest BCUT2D eigenvalue weighted by Gasteiger charge is -2.19. The number of methoxy groups -OCH3 is 2. The second-order valence-electron chi connectivity index (χ2n) is 5.18. The van der Waals surface area contributed by atoms with Gasteiger partial charge < -0.3 is 14.8 Å². The summed E-state index contributed by atoms with van der Waals surface area (Å²) in [4.78, 5) is 24.3. The van der Waals surface area contributed by atoms with Crippen LogP contribution in [0.4, 0.5) is 0 Å². The van der Waals surface area contributed by atoms with Crippen molar-refractivity contribution in [2.45, 2.75) is 12.5 Å². The molecule has 0 spiro atoms. The van der Waals surface area contributed by atoms with E-state index in [9.17, 15) is 9.59 Å². The van der Waals surface area contributed by atoms with Crippen molar-refractivity contribution in [1.29, 1.82) is 0 Å². The number of ether oxygens (including phenoxy) is 2. The van der Waals surface area contributed by atoms with Gasteiger partial charge in [0.15, 0.2) is 0 Å². The van der Waals surface area contributed by atoms with E-state index in [4.69, 9.17) is 32.7 Å². The van der Waals surface area contributed by atoms with E-state index in [1.165, 1.54) is 7.11 Å². The summed E-state index contributed by atoms with van der Waals surface area (Å²) in [6.45, 7) is 0. The zero-order valence-electron chi connectivity index (χ0n) is 13.7. The third-order valence-electron chi connectivity index (χ3n) is 3.62. The Morgan fingerprint density at radius 1 is 1.08 bits per heavy atom. The normalized spacial score (nSPS) is 11.5. The van der Waals surface area contributed by atoms with Gasteiger partial charge in [-0.15, -0.1) is 0 Å². The number of carbonyl (C=O) groups excluding carboxylic acids is 2. The first-order chi connectivity index (χ1) is 12.0. The number of benzene rings is 2. The van der Waals surface area contributed by atoms with Crippen LogP contribution < -0.4 is 10.1 Å². The highest BCUT2D eigenvalue weighted by Crippen LogP contribution is 2.27. The average Bonchev–Trinajstić information content (AvgIpc) is 2.63. The zero-order valence-corrected chi connectivity index (χ0v) is 15.2. The molecule has 0 aliphatic heterocycles. The Bertz CT molecular complexity index is 762. The lowest BCUT2D eigenvalue weighted by molar-refractivity contribution is -0.141. The van der Waals surface area contributed by atoms with Gasteiger partial charge in [0, 0.05) is 0 Å². The van der Waals surface area contributed by atoms with E-state index in [0.29, 0.717) is 5.75 Å². The first-order valence-corrected chi connectivity index (χ1v) is 8.17. The molecule has 2 aromatic carbocycles. The summed E-state index contributed by atoms with van der Waals surface area (Å²) in [6, 6.07) is 11.2. The van der Waals surface area contributed by atoms with E-state index in [0.717, 1.165) is 5.56 Å². The van der Waals surface area contributed by atoms with Gasteiger partial charge in [0.05, 0.1) is 42.3 Å². The number of carbonyl (C=O) groups is 2. The van der Waals surface area contributed by atoms with Gasteiger partial charge in [0.1, 0.15) is 5.75 Å². The van der Waals surface area contributed by atoms with E-state index >= 15 is 0 Å². The largest absolute Gasteiger partial charge is 0.497 e. The minimum Gasteiger partial charge on any atom is -0.497 e. The summed E-state index contributed by atoms with van der Waals surface area (Å²) in [6.07, 6.45) is -0.0211. The molecule has 25 heavy (non-hydrogen) atoms. The van der Waals surface area contributed by atoms with Crippen LogP contribution in [0, 0.1) is 0 Å². The number of nitrogens with one attached hydrogen (secondary N) is 1. The second kappa shape index (κ2) is 8.74. The van der Waals surface area contributed by atoms with Crippen molar-refractivity contribution in [2.75, 3.05) is 14.2 Å². The molecule has 0 saturated heterocycles. The highest BCUT2D eigenvalue weighted by Gasteiger charge is 2.21. The molecule has 0 heterocycles. The summed E-state index contributed by atoms with van der Waals surface area (Å²) in [5.41, 5.74) is 0.968. The fourth-order valence-corrected chi connectivity index (χ4v) is 2.64. The predicted molar refractivity (Wildman–Crippen MR) is 96.3 cm³/mol. The summed E-state index contributed by atoms with van der Waals surface area (Å²) in [5.74, 6) is -0.208. The number of rotatable bonds is 6. The van der Waals surface area contributed by atoms with Gasteiger partial charge in [-0.3, -0.25) is 9.59 Å². The van der Waals surface area contributed by atoms with E-state index < -0.39 is 17.9 Å². The molecule has 0 saturated carbocycles. The topological polar surface area (TPSA) is 64.6 Å². The van der Waals surface area contributed by atoms with Crippen molar-refractivity contribution in [2.24, 2.45) is 0 Å². The van der Waals surface area contributed by atoms with Crippen molar-refractivity contribution >= 4 is 35.1 Å². The number of hydrogen-bond donors (Lipinski definition) is 1. The molecule has 1 unspecified atom stereocenters. The van der Waals surface area contributed by atoms with Gasteiger partial charge in [0.25, 0.3) is 5.91 Å². The van der Waals surface area contributed by atoms with Crippen molar-refractivity contribution in [3.05, 3.63) is 63.6 Å². The first-order valence-electron chi connectivity index (χ1n) is 7.42. The van der Waals surface area contributed by atoms with Crippen LogP contribution in [-0.4, -0.2) is 26.1 Å². The minimum absolute atomic E-state index is 0.0211. The smallest absolute Gasteiger partial charge is 0.307 e. The van der Waals surface area contributed by atoms with Gasteiger partial charge in [-0.05, 0) is 29.8 Å². The molecule has 1 atom stereocenters. The Hall–Kier alpha value is -2.24. The summed E-state index contributed by atoms with van der Waals surface area (Å²) < 4.78 is 9.83. The van der Waals surface area contributed by atoms with Crippen molar-refractivity contribution < 1.29 is 19.1 Å². The third-order valence-corrected chi connectivity index (χ3v) is 4.44. The van der Waals surface area contributed by atoms with Crippen molar-refractivity contribution in [1.82, 2.24) is 5.32 Å². The van der Waals surface area contributed by atoms with Gasteiger partial charge >= 0.3 is 5.97 Å². The Morgan fingerprint density at radius 3 is 2.36 bits per heavy atom. The maximum Gasteiger partial charge on any atom is 0.307 e. The molecular weight excluding hydrogens is 365 g/mol. The second-order valence-corrected chi connectivity index (χ2v) is 5.97. The fourth-order valence-electron chi connectivity index (χ4n) is 2.25. The van der Waals surface area contributed by atoms with Crippen LogP contribution in [0.1, 0.15) is 28.4 Å². The van der Waals surface area contributed by atoms with Crippen LogP contribution in [-0.2, 0) is 9.53 Å². The number of amides is 1. The Labute approximate surface area is 155 Å². The highest BCUT2D eigenvalue weighted by atomic mass is 35.5. The van der Waals surface area contributed by atoms with Crippen LogP contribution in [0.15, 0.2) is 42.5 Å². The molecule has 0 aromatic heterocycles. The lowest BCUT2D eigenvalue weighted by Crippen LogP contribution is -2.30. The maximum absolute atomic E-state index is 12.6. The molecule has 0 bridgehead atoms. The summed E-state index contributed by atoms with van der Waals surface area (Å²) in [7, 11) is 2.85. The van der Waals surface area contributed by atoms with Crippen LogP contribution in [0.25, 0.3) is 0 Å². The molecule has 0 aliphatic rings. The SMILES string of the molecule is COC(=O)CC(NC(=O)c1cccc(Cl)c1Cl)c1ccc(OC)cc1. The van der Waals surface area contributed by atoms with Gasteiger partial charge in [-0.25, -0.2) is 0 Å². The van der Waals surface area contributed by atoms with Crippen LogP contribution in [0.3, 0.4) is 0 Å². The van der Waals surface area contributed by atoms with Crippen molar-refractivity contribution in [3.8, 4) is 5.75 Å². The molecule has 1 amide bonds. The first kappa shape index (κ1) is 19.1. The summed E-state index contributed by atoms with van der Waals surface area (Å²) >= 11 is 12.0. The number of halogens is 2. The monoisotopic (exact) mass is 381 g/mol. The number of hydrogen-bond acceptors (Lipinski definition) is 4. The van der Waals surface area contributed by atoms with Gasteiger partial charge in [-0.1, -0.05) is 41.4 Å². The molecule has 0 fully saturated rings. The van der Waals surface area contributed by atoms with Crippen LogP contribution >= 0.6 is 23.2 Å². The molecule has 2 rings (SSSR count). The highest BCUT2D eigenvalue weighted by molar-refractivity contribution is 6.43. The number of esters is 1. The molecule has 0 radical (unpaired) electrons. The standard InChI is InChI=1S/C18H17Cl2NO4/c1-24-12-8-6-11(7-9-12)15(10-16(22)25-2)21-18(23)13-4-3-5-14(19)17(13)20/h3-9,15H,10H2,1-2H3,(H,21,23). The van der Waals surface area contributed by atoms with E-state index in [1.807, 2.05) is 0 Å².